The normalized spacial score (nSPS) is 14.5. The number of hydrogen-bond donors (Lipinski definition) is 2. The quantitative estimate of drug-likeness (QED) is 0.322. The van der Waals surface area contributed by atoms with Crippen LogP contribution >= 0.6 is 0 Å². The molecule has 8 nitrogen and oxygen atoms in total. The SMILES string of the molecule is CC(C)(C)OC(=O)c1ccccc1-c1ccc(CNC(=O)CC2(NC(=O)OCc3ccccc3)CCOCC2)cc1. The van der Waals surface area contributed by atoms with Crippen LogP contribution in [0.1, 0.15) is 61.5 Å². The standard InChI is InChI=1S/C33H38N2O6/c1-32(2,3)41-30(37)28-12-8-7-11-27(28)26-15-13-24(14-16-26)22-34-29(36)21-33(17-19-39-20-18-33)35-31(38)40-23-25-9-5-4-6-10-25/h4-16H,17-23H2,1-3H3,(H,34,36)(H,35,38). The van der Waals surface area contributed by atoms with E-state index in [-0.39, 0.29) is 24.9 Å². The summed E-state index contributed by atoms with van der Waals surface area (Å²) in [6.45, 7) is 6.93. The molecule has 0 spiro atoms. The first-order valence-electron chi connectivity index (χ1n) is 13.9. The molecule has 3 aromatic rings. The van der Waals surface area contributed by atoms with Crippen molar-refractivity contribution in [2.75, 3.05) is 13.2 Å². The zero-order valence-corrected chi connectivity index (χ0v) is 23.9. The third kappa shape index (κ3) is 8.91. The topological polar surface area (TPSA) is 103 Å². The summed E-state index contributed by atoms with van der Waals surface area (Å²) >= 11 is 0. The predicted octanol–water partition coefficient (Wildman–Crippen LogP) is 5.79. The Kier molecular flexibility index (Phi) is 9.78. The average Bonchev–Trinajstić information content (AvgIpc) is 2.95. The number of rotatable bonds is 9. The molecule has 0 unspecified atom stereocenters. The molecule has 0 bridgehead atoms. The van der Waals surface area contributed by atoms with Crippen LogP contribution in [0.5, 0.6) is 0 Å². The molecule has 0 radical (unpaired) electrons. The summed E-state index contributed by atoms with van der Waals surface area (Å²) in [5, 5.41) is 5.92. The van der Waals surface area contributed by atoms with Gasteiger partial charge in [-0.3, -0.25) is 4.79 Å². The number of alkyl carbamates (subject to hydrolysis) is 1. The lowest BCUT2D eigenvalue weighted by Crippen LogP contribution is -2.54. The zero-order chi connectivity index (χ0) is 29.3. The Hall–Kier alpha value is -4.17. The third-order valence-electron chi connectivity index (χ3n) is 6.83. The lowest BCUT2D eigenvalue weighted by Gasteiger charge is -2.37. The third-order valence-corrected chi connectivity index (χ3v) is 6.83. The molecule has 3 aromatic carbocycles. The summed E-state index contributed by atoms with van der Waals surface area (Å²) in [6.07, 6.45) is 0.614. The van der Waals surface area contributed by atoms with Crippen molar-refractivity contribution in [1.29, 1.82) is 0 Å². The van der Waals surface area contributed by atoms with Gasteiger partial charge in [0.25, 0.3) is 0 Å². The lowest BCUT2D eigenvalue weighted by atomic mass is 9.86. The van der Waals surface area contributed by atoms with Crippen LogP contribution in [0.3, 0.4) is 0 Å². The van der Waals surface area contributed by atoms with E-state index in [1.807, 2.05) is 93.6 Å². The number of ether oxygens (including phenoxy) is 3. The van der Waals surface area contributed by atoms with Crippen LogP contribution < -0.4 is 10.6 Å². The smallest absolute Gasteiger partial charge is 0.407 e. The Morgan fingerprint density at radius 3 is 2.20 bits per heavy atom. The molecule has 1 aliphatic heterocycles. The molecule has 4 rings (SSSR count). The lowest BCUT2D eigenvalue weighted by molar-refractivity contribution is -0.123. The molecule has 1 saturated heterocycles. The van der Waals surface area contributed by atoms with E-state index in [4.69, 9.17) is 14.2 Å². The summed E-state index contributed by atoms with van der Waals surface area (Å²) in [6, 6.07) is 24.5. The van der Waals surface area contributed by atoms with Crippen molar-refractivity contribution >= 4 is 18.0 Å². The van der Waals surface area contributed by atoms with Crippen molar-refractivity contribution in [3.63, 3.8) is 0 Å². The van der Waals surface area contributed by atoms with Gasteiger partial charge in [-0.15, -0.1) is 0 Å². The Morgan fingerprint density at radius 2 is 1.51 bits per heavy atom. The fourth-order valence-electron chi connectivity index (χ4n) is 4.70. The van der Waals surface area contributed by atoms with Gasteiger partial charge >= 0.3 is 12.1 Å². The summed E-state index contributed by atoms with van der Waals surface area (Å²) in [5.74, 6) is -0.543. The van der Waals surface area contributed by atoms with Crippen LogP contribution in [0, 0.1) is 0 Å². The summed E-state index contributed by atoms with van der Waals surface area (Å²) < 4.78 is 16.5. The molecule has 2 N–H and O–H groups in total. The van der Waals surface area contributed by atoms with E-state index in [2.05, 4.69) is 10.6 Å². The predicted molar refractivity (Wildman–Crippen MR) is 156 cm³/mol. The second-order valence-electron chi connectivity index (χ2n) is 11.3. The number of nitrogens with one attached hydrogen (secondary N) is 2. The second-order valence-corrected chi connectivity index (χ2v) is 11.3. The van der Waals surface area contributed by atoms with Crippen molar-refractivity contribution in [2.24, 2.45) is 0 Å². The van der Waals surface area contributed by atoms with Crippen LogP contribution in [0.25, 0.3) is 11.1 Å². The van der Waals surface area contributed by atoms with Crippen molar-refractivity contribution in [3.05, 3.63) is 95.6 Å². The molecule has 1 heterocycles. The second kappa shape index (κ2) is 13.5. The van der Waals surface area contributed by atoms with Crippen molar-refractivity contribution in [3.8, 4) is 11.1 Å². The largest absolute Gasteiger partial charge is 0.456 e. The van der Waals surface area contributed by atoms with Crippen LogP contribution in [0.2, 0.25) is 0 Å². The van der Waals surface area contributed by atoms with Crippen molar-refractivity contribution in [1.82, 2.24) is 10.6 Å². The monoisotopic (exact) mass is 558 g/mol. The number of amides is 2. The average molecular weight is 559 g/mol. The van der Waals surface area contributed by atoms with Gasteiger partial charge in [0.05, 0.1) is 11.1 Å². The van der Waals surface area contributed by atoms with Crippen LogP contribution in [0.4, 0.5) is 4.79 Å². The highest BCUT2D eigenvalue weighted by Gasteiger charge is 2.37. The van der Waals surface area contributed by atoms with Gasteiger partial charge in [0, 0.05) is 26.2 Å². The fourth-order valence-corrected chi connectivity index (χ4v) is 4.70. The van der Waals surface area contributed by atoms with Gasteiger partial charge in [0.2, 0.25) is 5.91 Å². The maximum absolute atomic E-state index is 13.0. The molecule has 1 aliphatic rings. The van der Waals surface area contributed by atoms with Gasteiger partial charge in [0.1, 0.15) is 12.2 Å². The van der Waals surface area contributed by atoms with E-state index in [1.54, 1.807) is 6.07 Å². The van der Waals surface area contributed by atoms with Gasteiger partial charge in [0.15, 0.2) is 0 Å². The molecule has 0 aromatic heterocycles. The van der Waals surface area contributed by atoms with E-state index >= 15 is 0 Å². The molecule has 0 aliphatic carbocycles. The number of carbonyl (C=O) groups is 3. The van der Waals surface area contributed by atoms with Crippen molar-refractivity contribution in [2.45, 2.75) is 64.3 Å². The van der Waals surface area contributed by atoms with Crippen LogP contribution in [-0.2, 0) is 32.2 Å². The summed E-state index contributed by atoms with van der Waals surface area (Å²) in [7, 11) is 0. The van der Waals surface area contributed by atoms with E-state index < -0.39 is 17.2 Å². The molecule has 1 fully saturated rings. The number of benzene rings is 3. The van der Waals surface area contributed by atoms with E-state index in [9.17, 15) is 14.4 Å². The molecular formula is C33H38N2O6. The molecule has 41 heavy (non-hydrogen) atoms. The van der Waals surface area contributed by atoms with Gasteiger partial charge in [-0.2, -0.15) is 0 Å². The minimum Gasteiger partial charge on any atom is -0.456 e. The molecule has 2 amide bonds. The molecular weight excluding hydrogens is 520 g/mol. The van der Waals surface area contributed by atoms with E-state index in [0.717, 1.165) is 22.3 Å². The van der Waals surface area contributed by atoms with Crippen LogP contribution in [0.15, 0.2) is 78.9 Å². The summed E-state index contributed by atoms with van der Waals surface area (Å²) in [5.41, 5.74) is 2.64. The van der Waals surface area contributed by atoms with E-state index in [0.29, 0.717) is 38.2 Å². The number of carbonyl (C=O) groups excluding carboxylic acids is 3. The Bertz CT molecular complexity index is 1330. The molecule has 216 valence electrons. The highest BCUT2D eigenvalue weighted by atomic mass is 16.6. The van der Waals surface area contributed by atoms with Gasteiger partial charge in [-0.1, -0.05) is 72.8 Å². The minimum atomic E-state index is -0.731. The van der Waals surface area contributed by atoms with Gasteiger partial charge in [-0.25, -0.2) is 9.59 Å². The number of esters is 1. The van der Waals surface area contributed by atoms with E-state index in [1.165, 1.54) is 0 Å². The Balaban J connectivity index is 1.34. The highest BCUT2D eigenvalue weighted by Crippen LogP contribution is 2.27. The van der Waals surface area contributed by atoms with Gasteiger partial charge in [-0.05, 0) is 61.9 Å². The summed E-state index contributed by atoms with van der Waals surface area (Å²) in [4.78, 5) is 38.3. The molecule has 0 atom stereocenters. The van der Waals surface area contributed by atoms with Gasteiger partial charge < -0.3 is 24.8 Å². The van der Waals surface area contributed by atoms with Crippen LogP contribution in [-0.4, -0.2) is 42.3 Å². The minimum absolute atomic E-state index is 0.123. The molecule has 8 heteroatoms. The first-order valence-corrected chi connectivity index (χ1v) is 13.9. The first-order chi connectivity index (χ1) is 19.6. The maximum atomic E-state index is 13.0. The molecule has 0 saturated carbocycles. The number of hydrogen-bond acceptors (Lipinski definition) is 6. The van der Waals surface area contributed by atoms with Crippen molar-refractivity contribution < 1.29 is 28.6 Å². The zero-order valence-electron chi connectivity index (χ0n) is 23.9. The fraction of sp³-hybridized carbons (Fsp3) is 0.364. The first kappa shape index (κ1) is 29.8. The Labute approximate surface area is 241 Å². The maximum Gasteiger partial charge on any atom is 0.407 e. The highest BCUT2D eigenvalue weighted by molar-refractivity contribution is 5.97. The Morgan fingerprint density at radius 1 is 0.854 bits per heavy atom.